The third kappa shape index (κ3) is 2.50. The zero-order valence-electron chi connectivity index (χ0n) is 7.42. The monoisotopic (exact) mass is 230 g/mol. The van der Waals surface area contributed by atoms with Crippen molar-refractivity contribution >= 4 is 34.7 Å². The van der Waals surface area contributed by atoms with Gasteiger partial charge >= 0.3 is 5.97 Å². The van der Waals surface area contributed by atoms with E-state index >= 15 is 0 Å². The third-order valence-corrected chi connectivity index (χ3v) is 2.54. The second-order valence-corrected chi connectivity index (χ2v) is 3.55. The van der Waals surface area contributed by atoms with Gasteiger partial charge in [0, 0.05) is 6.08 Å². The number of carboxylic acid groups (broad SMARTS) is 1. The molecule has 14 heavy (non-hydrogen) atoms. The lowest BCUT2D eigenvalue weighted by Crippen LogP contribution is -1.90. The van der Waals surface area contributed by atoms with Gasteiger partial charge in [-0.25, -0.2) is 4.79 Å². The van der Waals surface area contributed by atoms with Gasteiger partial charge in [0.2, 0.25) is 0 Å². The highest BCUT2D eigenvalue weighted by molar-refractivity contribution is 6.43. The SMILES string of the molecule is C/C(=C\C(=O)O)c1cccc(Cl)c1Cl. The second kappa shape index (κ2) is 4.49. The van der Waals surface area contributed by atoms with E-state index in [1.165, 1.54) is 0 Å². The number of benzene rings is 1. The standard InChI is InChI=1S/C10H8Cl2O2/c1-6(5-9(13)14)7-3-2-4-8(11)10(7)12/h2-5H,1H3,(H,13,14)/b6-5+. The summed E-state index contributed by atoms with van der Waals surface area (Å²) in [6.07, 6.45) is 1.09. The van der Waals surface area contributed by atoms with Crippen LogP contribution < -0.4 is 0 Å². The van der Waals surface area contributed by atoms with Crippen LogP contribution in [-0.4, -0.2) is 11.1 Å². The van der Waals surface area contributed by atoms with Gasteiger partial charge < -0.3 is 5.11 Å². The summed E-state index contributed by atoms with van der Waals surface area (Å²) in [5.74, 6) is -1.00. The number of halogens is 2. The fourth-order valence-corrected chi connectivity index (χ4v) is 1.52. The maximum atomic E-state index is 10.4. The van der Waals surface area contributed by atoms with Gasteiger partial charge in [-0.2, -0.15) is 0 Å². The van der Waals surface area contributed by atoms with Crippen molar-refractivity contribution in [3.63, 3.8) is 0 Å². The average Bonchev–Trinajstić information content (AvgIpc) is 2.08. The van der Waals surface area contributed by atoms with Crippen molar-refractivity contribution in [1.29, 1.82) is 0 Å². The average molecular weight is 231 g/mol. The lowest BCUT2D eigenvalue weighted by Gasteiger charge is -2.04. The number of rotatable bonds is 2. The highest BCUT2D eigenvalue weighted by Gasteiger charge is 2.06. The Hall–Kier alpha value is -0.990. The highest BCUT2D eigenvalue weighted by atomic mass is 35.5. The van der Waals surface area contributed by atoms with E-state index in [0.29, 0.717) is 21.2 Å². The Kier molecular flexibility index (Phi) is 3.55. The first-order valence-electron chi connectivity index (χ1n) is 3.88. The summed E-state index contributed by atoms with van der Waals surface area (Å²) < 4.78 is 0. The van der Waals surface area contributed by atoms with Gasteiger partial charge in [-0.1, -0.05) is 35.3 Å². The molecule has 1 aromatic carbocycles. The summed E-state index contributed by atoms with van der Waals surface area (Å²) in [6, 6.07) is 5.10. The van der Waals surface area contributed by atoms with Crippen molar-refractivity contribution in [2.45, 2.75) is 6.92 Å². The Labute approximate surface area is 91.8 Å². The van der Waals surface area contributed by atoms with Crippen LogP contribution in [0.25, 0.3) is 5.57 Å². The number of carboxylic acids is 1. The molecule has 0 atom stereocenters. The van der Waals surface area contributed by atoms with Gasteiger partial charge in [-0.05, 0) is 24.1 Å². The molecule has 0 saturated carbocycles. The zero-order chi connectivity index (χ0) is 10.7. The molecule has 4 heteroatoms. The predicted octanol–water partition coefficient (Wildman–Crippen LogP) is 3.48. The van der Waals surface area contributed by atoms with Crippen LogP contribution in [0.15, 0.2) is 24.3 Å². The van der Waals surface area contributed by atoms with E-state index in [0.717, 1.165) is 6.08 Å². The molecule has 1 N–H and O–H groups in total. The largest absolute Gasteiger partial charge is 0.478 e. The van der Waals surface area contributed by atoms with E-state index in [4.69, 9.17) is 28.3 Å². The molecular formula is C10H8Cl2O2. The van der Waals surface area contributed by atoms with Gasteiger partial charge in [0.05, 0.1) is 10.0 Å². The molecule has 0 aliphatic carbocycles. The molecule has 1 rings (SSSR count). The molecule has 0 radical (unpaired) electrons. The van der Waals surface area contributed by atoms with Gasteiger partial charge in [-0.15, -0.1) is 0 Å². The van der Waals surface area contributed by atoms with Crippen molar-refractivity contribution in [3.8, 4) is 0 Å². The van der Waals surface area contributed by atoms with E-state index in [9.17, 15) is 4.79 Å². The van der Waals surface area contributed by atoms with Gasteiger partial charge in [-0.3, -0.25) is 0 Å². The summed E-state index contributed by atoms with van der Waals surface area (Å²) in [5, 5.41) is 9.35. The van der Waals surface area contributed by atoms with E-state index < -0.39 is 5.97 Å². The van der Waals surface area contributed by atoms with Crippen LogP contribution in [0.3, 0.4) is 0 Å². The van der Waals surface area contributed by atoms with Crippen LogP contribution in [0.5, 0.6) is 0 Å². The molecule has 0 amide bonds. The normalized spacial score (nSPS) is 11.5. The molecule has 0 heterocycles. The topological polar surface area (TPSA) is 37.3 Å². The highest BCUT2D eigenvalue weighted by Crippen LogP contribution is 2.30. The summed E-state index contributed by atoms with van der Waals surface area (Å²) in [5.41, 5.74) is 1.21. The number of hydrogen-bond donors (Lipinski definition) is 1. The second-order valence-electron chi connectivity index (χ2n) is 2.77. The van der Waals surface area contributed by atoms with Gasteiger partial charge in [0.15, 0.2) is 0 Å². The van der Waals surface area contributed by atoms with Crippen molar-refractivity contribution in [1.82, 2.24) is 0 Å². The van der Waals surface area contributed by atoms with Crippen LogP contribution in [-0.2, 0) is 4.79 Å². The fourth-order valence-electron chi connectivity index (χ4n) is 1.07. The van der Waals surface area contributed by atoms with Crippen LogP contribution in [0.2, 0.25) is 10.0 Å². The number of allylic oxidation sites excluding steroid dienone is 1. The molecule has 0 aliphatic rings. The Morgan fingerprint density at radius 1 is 1.43 bits per heavy atom. The van der Waals surface area contributed by atoms with E-state index in [-0.39, 0.29) is 0 Å². The van der Waals surface area contributed by atoms with Crippen LogP contribution in [0.4, 0.5) is 0 Å². The van der Waals surface area contributed by atoms with Crippen LogP contribution in [0.1, 0.15) is 12.5 Å². The summed E-state index contributed by atoms with van der Waals surface area (Å²) >= 11 is 11.7. The molecule has 0 fully saturated rings. The molecule has 0 aliphatic heterocycles. The van der Waals surface area contributed by atoms with Gasteiger partial charge in [0.1, 0.15) is 0 Å². The van der Waals surface area contributed by atoms with Crippen LogP contribution in [0, 0.1) is 0 Å². The summed E-state index contributed by atoms with van der Waals surface area (Å²) in [4.78, 5) is 10.4. The van der Waals surface area contributed by atoms with Crippen molar-refractivity contribution in [3.05, 3.63) is 39.9 Å². The van der Waals surface area contributed by atoms with E-state index in [2.05, 4.69) is 0 Å². The molecule has 0 unspecified atom stereocenters. The first kappa shape index (κ1) is 11.1. The smallest absolute Gasteiger partial charge is 0.328 e. The minimum atomic E-state index is -1.00. The lowest BCUT2D eigenvalue weighted by atomic mass is 10.1. The third-order valence-electron chi connectivity index (χ3n) is 1.72. The minimum Gasteiger partial charge on any atom is -0.478 e. The molecular weight excluding hydrogens is 223 g/mol. The number of carbonyl (C=O) groups is 1. The zero-order valence-corrected chi connectivity index (χ0v) is 8.93. The van der Waals surface area contributed by atoms with Gasteiger partial charge in [0.25, 0.3) is 0 Å². The molecule has 0 bridgehead atoms. The number of aliphatic carboxylic acids is 1. The molecule has 0 spiro atoms. The summed E-state index contributed by atoms with van der Waals surface area (Å²) in [6.45, 7) is 1.67. The fraction of sp³-hybridized carbons (Fsp3) is 0.100. The maximum Gasteiger partial charge on any atom is 0.328 e. The Balaban J connectivity index is 3.20. The Morgan fingerprint density at radius 3 is 2.64 bits per heavy atom. The van der Waals surface area contributed by atoms with E-state index in [1.807, 2.05) is 0 Å². The molecule has 1 aromatic rings. The number of hydrogen-bond acceptors (Lipinski definition) is 1. The van der Waals surface area contributed by atoms with Crippen LogP contribution >= 0.6 is 23.2 Å². The van der Waals surface area contributed by atoms with Crippen molar-refractivity contribution in [2.24, 2.45) is 0 Å². The maximum absolute atomic E-state index is 10.4. The molecule has 2 nitrogen and oxygen atoms in total. The summed E-state index contributed by atoms with van der Waals surface area (Å²) in [7, 11) is 0. The Morgan fingerprint density at radius 2 is 2.07 bits per heavy atom. The van der Waals surface area contributed by atoms with E-state index in [1.54, 1.807) is 25.1 Å². The first-order chi connectivity index (χ1) is 6.52. The quantitative estimate of drug-likeness (QED) is 0.791. The van der Waals surface area contributed by atoms with Crippen molar-refractivity contribution < 1.29 is 9.90 Å². The predicted molar refractivity (Wildman–Crippen MR) is 57.7 cm³/mol. The first-order valence-corrected chi connectivity index (χ1v) is 4.63. The lowest BCUT2D eigenvalue weighted by molar-refractivity contribution is -0.131. The molecule has 0 aromatic heterocycles. The molecule has 0 saturated heterocycles. The van der Waals surface area contributed by atoms with Crippen molar-refractivity contribution in [2.75, 3.05) is 0 Å². The minimum absolute atomic E-state index is 0.379. The molecule has 74 valence electrons. The Bertz CT molecular complexity index is 397.